The van der Waals surface area contributed by atoms with Gasteiger partial charge in [-0.2, -0.15) is 0 Å². The van der Waals surface area contributed by atoms with E-state index in [9.17, 15) is 4.79 Å². The monoisotopic (exact) mass is 251 g/mol. The molecule has 2 rings (SSSR count). The molecule has 1 fully saturated rings. The van der Waals surface area contributed by atoms with Gasteiger partial charge in [-0.1, -0.05) is 0 Å². The topological polar surface area (TPSA) is 59.0 Å². The van der Waals surface area contributed by atoms with Crippen molar-refractivity contribution in [2.24, 2.45) is 0 Å². The molecular formula is C13H17NO4. The van der Waals surface area contributed by atoms with Crippen molar-refractivity contribution >= 4 is 11.7 Å². The van der Waals surface area contributed by atoms with E-state index in [2.05, 4.69) is 4.90 Å². The van der Waals surface area contributed by atoms with E-state index in [1.54, 1.807) is 7.11 Å². The zero-order valence-electron chi connectivity index (χ0n) is 10.3. The third kappa shape index (κ3) is 2.92. The van der Waals surface area contributed by atoms with E-state index in [0.29, 0.717) is 19.8 Å². The summed E-state index contributed by atoms with van der Waals surface area (Å²) in [6.07, 6.45) is 0.0893. The van der Waals surface area contributed by atoms with E-state index in [0.717, 1.165) is 11.4 Å². The van der Waals surface area contributed by atoms with Gasteiger partial charge in [0.15, 0.2) is 0 Å². The highest BCUT2D eigenvalue weighted by Gasteiger charge is 2.25. The summed E-state index contributed by atoms with van der Waals surface area (Å²) in [4.78, 5) is 12.9. The Kier molecular flexibility index (Phi) is 4.04. The van der Waals surface area contributed by atoms with E-state index in [1.807, 2.05) is 24.3 Å². The minimum absolute atomic E-state index is 0.0893. The van der Waals surface area contributed by atoms with Crippen molar-refractivity contribution in [3.05, 3.63) is 24.3 Å². The Morgan fingerprint density at radius 3 is 2.83 bits per heavy atom. The number of nitrogens with zero attached hydrogens (tertiary/aromatic N) is 1. The van der Waals surface area contributed by atoms with Crippen LogP contribution in [0.4, 0.5) is 5.69 Å². The van der Waals surface area contributed by atoms with E-state index in [-0.39, 0.29) is 12.5 Å². The second kappa shape index (κ2) is 5.73. The average Bonchev–Trinajstić information content (AvgIpc) is 2.39. The van der Waals surface area contributed by atoms with Gasteiger partial charge in [-0.15, -0.1) is 0 Å². The summed E-state index contributed by atoms with van der Waals surface area (Å²) in [5.41, 5.74) is 1.00. The molecule has 1 aromatic rings. The van der Waals surface area contributed by atoms with Crippen LogP contribution in [0.5, 0.6) is 5.75 Å². The van der Waals surface area contributed by atoms with Gasteiger partial charge in [-0.3, -0.25) is 4.79 Å². The van der Waals surface area contributed by atoms with Gasteiger partial charge in [0.25, 0.3) is 0 Å². The van der Waals surface area contributed by atoms with Crippen LogP contribution in [0.15, 0.2) is 24.3 Å². The van der Waals surface area contributed by atoms with Crippen molar-refractivity contribution in [2.45, 2.75) is 12.5 Å². The molecule has 0 saturated carbocycles. The van der Waals surface area contributed by atoms with E-state index >= 15 is 0 Å². The van der Waals surface area contributed by atoms with Crippen molar-refractivity contribution in [2.75, 3.05) is 31.8 Å². The molecule has 5 heteroatoms. The molecule has 1 aromatic carbocycles. The second-order valence-corrected chi connectivity index (χ2v) is 4.22. The molecule has 1 aliphatic rings. The number of benzene rings is 1. The molecule has 0 spiro atoms. The van der Waals surface area contributed by atoms with Crippen molar-refractivity contribution in [3.63, 3.8) is 0 Å². The molecule has 0 bridgehead atoms. The number of carboxylic acids is 1. The first-order valence-corrected chi connectivity index (χ1v) is 5.91. The number of hydrogen-bond donors (Lipinski definition) is 1. The number of methoxy groups -OCH3 is 1. The first-order chi connectivity index (χ1) is 8.70. The molecule has 0 aliphatic carbocycles. The normalized spacial score (nSPS) is 19.6. The zero-order chi connectivity index (χ0) is 13.0. The Morgan fingerprint density at radius 1 is 1.50 bits per heavy atom. The van der Waals surface area contributed by atoms with E-state index in [4.69, 9.17) is 14.6 Å². The quantitative estimate of drug-likeness (QED) is 0.876. The molecule has 1 aliphatic heterocycles. The Hall–Kier alpha value is -1.75. The largest absolute Gasteiger partial charge is 0.497 e. The third-order valence-electron chi connectivity index (χ3n) is 3.04. The average molecular weight is 251 g/mol. The summed E-state index contributed by atoms with van der Waals surface area (Å²) in [7, 11) is 1.62. The van der Waals surface area contributed by atoms with Gasteiger partial charge in [-0.05, 0) is 24.3 Å². The summed E-state index contributed by atoms with van der Waals surface area (Å²) in [5.74, 6) is -0.00851. The van der Waals surface area contributed by atoms with Crippen molar-refractivity contribution in [3.8, 4) is 5.75 Å². The predicted molar refractivity (Wildman–Crippen MR) is 67.2 cm³/mol. The van der Waals surface area contributed by atoms with Gasteiger partial charge in [-0.25, -0.2) is 0 Å². The Balaban J connectivity index is 2.13. The van der Waals surface area contributed by atoms with Crippen LogP contribution in [0.1, 0.15) is 6.42 Å². The first-order valence-electron chi connectivity index (χ1n) is 5.91. The molecule has 1 unspecified atom stereocenters. The molecule has 1 N–H and O–H groups in total. The lowest BCUT2D eigenvalue weighted by atomic mass is 10.1. The number of rotatable bonds is 4. The van der Waals surface area contributed by atoms with Crippen LogP contribution in [0.3, 0.4) is 0 Å². The summed E-state index contributed by atoms with van der Waals surface area (Å²) in [6.45, 7) is 1.80. The van der Waals surface area contributed by atoms with Crippen LogP contribution in [-0.2, 0) is 9.53 Å². The van der Waals surface area contributed by atoms with Crippen molar-refractivity contribution in [1.82, 2.24) is 0 Å². The third-order valence-corrected chi connectivity index (χ3v) is 3.04. The van der Waals surface area contributed by atoms with Crippen molar-refractivity contribution in [1.29, 1.82) is 0 Å². The van der Waals surface area contributed by atoms with Crippen molar-refractivity contribution < 1.29 is 19.4 Å². The maximum atomic E-state index is 10.8. The molecule has 1 atom stereocenters. The van der Waals surface area contributed by atoms with Crippen LogP contribution >= 0.6 is 0 Å². The van der Waals surface area contributed by atoms with Gasteiger partial charge >= 0.3 is 5.97 Å². The van der Waals surface area contributed by atoms with Gasteiger partial charge in [0.1, 0.15) is 5.75 Å². The van der Waals surface area contributed by atoms with Crippen LogP contribution in [-0.4, -0.2) is 44.0 Å². The SMILES string of the molecule is COc1ccc(N2CCOCC2CC(=O)O)cc1. The fraction of sp³-hybridized carbons (Fsp3) is 0.462. The molecule has 98 valence electrons. The number of anilines is 1. The van der Waals surface area contributed by atoms with Gasteiger partial charge in [0.2, 0.25) is 0 Å². The second-order valence-electron chi connectivity index (χ2n) is 4.22. The summed E-state index contributed by atoms with van der Waals surface area (Å²) in [6, 6.07) is 7.54. The van der Waals surface area contributed by atoms with Crippen LogP contribution in [0, 0.1) is 0 Å². The molecule has 0 radical (unpaired) electrons. The molecule has 5 nitrogen and oxygen atoms in total. The van der Waals surface area contributed by atoms with Crippen LogP contribution < -0.4 is 9.64 Å². The molecule has 1 heterocycles. The molecule has 0 aromatic heterocycles. The lowest BCUT2D eigenvalue weighted by Gasteiger charge is -2.36. The van der Waals surface area contributed by atoms with Gasteiger partial charge in [0.05, 0.1) is 32.8 Å². The first kappa shape index (κ1) is 12.7. The lowest BCUT2D eigenvalue weighted by molar-refractivity contribution is -0.138. The van der Waals surface area contributed by atoms with E-state index < -0.39 is 5.97 Å². The number of morpholine rings is 1. The van der Waals surface area contributed by atoms with Gasteiger partial charge < -0.3 is 19.5 Å². The molecule has 0 amide bonds. The summed E-state index contributed by atoms with van der Waals surface area (Å²) < 4.78 is 10.5. The maximum absolute atomic E-state index is 10.8. The number of carboxylic acid groups (broad SMARTS) is 1. The fourth-order valence-corrected chi connectivity index (χ4v) is 2.14. The maximum Gasteiger partial charge on any atom is 0.305 e. The standard InChI is InChI=1S/C13H17NO4/c1-17-12-4-2-10(3-5-12)14-6-7-18-9-11(14)8-13(15)16/h2-5,11H,6-9H2,1H3,(H,15,16). The minimum atomic E-state index is -0.802. The predicted octanol–water partition coefficient (Wildman–Crippen LogP) is 1.38. The Morgan fingerprint density at radius 2 is 2.22 bits per heavy atom. The summed E-state index contributed by atoms with van der Waals surface area (Å²) in [5, 5.41) is 8.91. The number of aliphatic carboxylic acids is 1. The number of carbonyl (C=O) groups is 1. The van der Waals surface area contributed by atoms with E-state index in [1.165, 1.54) is 0 Å². The smallest absolute Gasteiger partial charge is 0.305 e. The summed E-state index contributed by atoms with van der Waals surface area (Å²) >= 11 is 0. The van der Waals surface area contributed by atoms with Crippen LogP contribution in [0.25, 0.3) is 0 Å². The fourth-order valence-electron chi connectivity index (χ4n) is 2.14. The van der Waals surface area contributed by atoms with Crippen LogP contribution in [0.2, 0.25) is 0 Å². The van der Waals surface area contributed by atoms with Gasteiger partial charge in [0, 0.05) is 12.2 Å². The highest BCUT2D eigenvalue weighted by molar-refractivity contribution is 5.68. The minimum Gasteiger partial charge on any atom is -0.497 e. The Bertz CT molecular complexity index is 404. The lowest BCUT2D eigenvalue weighted by Crippen LogP contribution is -2.46. The highest BCUT2D eigenvalue weighted by atomic mass is 16.5. The molecule has 1 saturated heterocycles. The Labute approximate surface area is 106 Å². The zero-order valence-corrected chi connectivity index (χ0v) is 10.3. The molecular weight excluding hydrogens is 234 g/mol. The number of hydrogen-bond acceptors (Lipinski definition) is 4. The number of ether oxygens (including phenoxy) is 2. The highest BCUT2D eigenvalue weighted by Crippen LogP contribution is 2.24. The molecule has 18 heavy (non-hydrogen) atoms.